The maximum atomic E-state index is 13.3. The van der Waals surface area contributed by atoms with Crippen molar-refractivity contribution in [1.29, 1.82) is 0 Å². The summed E-state index contributed by atoms with van der Waals surface area (Å²) in [6.45, 7) is 8.93. The zero-order valence-corrected chi connectivity index (χ0v) is 19.2. The van der Waals surface area contributed by atoms with Crippen molar-refractivity contribution >= 4 is 17.6 Å². The highest BCUT2D eigenvalue weighted by atomic mass is 16.5. The molecule has 1 N–H and O–H groups in total. The first-order valence-electron chi connectivity index (χ1n) is 10.7. The summed E-state index contributed by atoms with van der Waals surface area (Å²) in [5.41, 5.74) is 2.17. The molecule has 168 valence electrons. The van der Waals surface area contributed by atoms with Gasteiger partial charge in [-0.3, -0.25) is 9.59 Å². The van der Waals surface area contributed by atoms with Crippen LogP contribution in [0.4, 0.5) is 5.82 Å². The standard InChI is InChI=1S/C22H32N6O3/c1-13(2)21-20(14(3)31-26-21)22(30)28-9-7-8-16(11-28)17-10-18(23-5)25-19(24-17)12-27(6)15(4)29/h10,13,16H,7-9,11-12H2,1-6H3,(H,23,24,25)/t16-/m0/s1. The van der Waals surface area contributed by atoms with Gasteiger partial charge >= 0.3 is 0 Å². The van der Waals surface area contributed by atoms with Crippen LogP contribution in [-0.2, 0) is 11.3 Å². The van der Waals surface area contributed by atoms with Crippen molar-refractivity contribution in [1.82, 2.24) is 24.9 Å². The van der Waals surface area contributed by atoms with Gasteiger partial charge in [0, 0.05) is 46.1 Å². The first kappa shape index (κ1) is 22.7. The van der Waals surface area contributed by atoms with Gasteiger partial charge in [0.1, 0.15) is 23.0 Å². The predicted molar refractivity (Wildman–Crippen MR) is 117 cm³/mol. The second kappa shape index (κ2) is 9.45. The molecule has 0 saturated carbocycles. The number of aromatic nitrogens is 3. The van der Waals surface area contributed by atoms with Crippen LogP contribution >= 0.6 is 0 Å². The summed E-state index contributed by atoms with van der Waals surface area (Å²) in [4.78, 5) is 37.6. The van der Waals surface area contributed by atoms with Gasteiger partial charge in [-0.2, -0.15) is 0 Å². The molecule has 3 heterocycles. The molecule has 9 nitrogen and oxygen atoms in total. The smallest absolute Gasteiger partial charge is 0.259 e. The fourth-order valence-corrected chi connectivity index (χ4v) is 3.85. The Balaban J connectivity index is 1.84. The van der Waals surface area contributed by atoms with Crippen molar-refractivity contribution in [3.05, 3.63) is 34.6 Å². The fraction of sp³-hybridized carbons (Fsp3) is 0.591. The molecule has 1 fully saturated rings. The normalized spacial score (nSPS) is 16.5. The van der Waals surface area contributed by atoms with Crippen LogP contribution in [0.15, 0.2) is 10.6 Å². The minimum absolute atomic E-state index is 0.0356. The lowest BCUT2D eigenvalue weighted by Crippen LogP contribution is -2.40. The zero-order valence-electron chi connectivity index (χ0n) is 19.2. The number of carbonyl (C=O) groups excluding carboxylic acids is 2. The van der Waals surface area contributed by atoms with E-state index < -0.39 is 0 Å². The first-order chi connectivity index (χ1) is 14.7. The Hall–Kier alpha value is -2.97. The molecule has 1 aliphatic rings. The summed E-state index contributed by atoms with van der Waals surface area (Å²) in [5, 5.41) is 7.18. The quantitative estimate of drug-likeness (QED) is 0.754. The van der Waals surface area contributed by atoms with Crippen LogP contribution in [0.5, 0.6) is 0 Å². The van der Waals surface area contributed by atoms with Crippen LogP contribution in [0.25, 0.3) is 0 Å². The molecule has 0 unspecified atom stereocenters. The van der Waals surface area contributed by atoms with Gasteiger partial charge < -0.3 is 19.6 Å². The van der Waals surface area contributed by atoms with E-state index >= 15 is 0 Å². The third-order valence-electron chi connectivity index (χ3n) is 5.74. The largest absolute Gasteiger partial charge is 0.373 e. The van der Waals surface area contributed by atoms with Crippen molar-refractivity contribution in [2.75, 3.05) is 32.5 Å². The molecular formula is C22H32N6O3. The Morgan fingerprint density at radius 2 is 2.10 bits per heavy atom. The Morgan fingerprint density at radius 1 is 1.35 bits per heavy atom. The molecule has 9 heteroatoms. The van der Waals surface area contributed by atoms with E-state index in [9.17, 15) is 9.59 Å². The summed E-state index contributed by atoms with van der Waals surface area (Å²) in [6, 6.07) is 1.93. The highest BCUT2D eigenvalue weighted by Gasteiger charge is 2.31. The van der Waals surface area contributed by atoms with Crippen LogP contribution in [0, 0.1) is 6.92 Å². The van der Waals surface area contributed by atoms with Gasteiger partial charge in [0.05, 0.1) is 17.9 Å². The van der Waals surface area contributed by atoms with Crippen LogP contribution in [0.3, 0.4) is 0 Å². The maximum absolute atomic E-state index is 13.3. The van der Waals surface area contributed by atoms with Gasteiger partial charge in [0.15, 0.2) is 0 Å². The Morgan fingerprint density at radius 3 is 2.74 bits per heavy atom. The number of hydrogen-bond acceptors (Lipinski definition) is 7. The molecule has 0 bridgehead atoms. The van der Waals surface area contributed by atoms with Crippen LogP contribution < -0.4 is 5.32 Å². The van der Waals surface area contributed by atoms with Crippen molar-refractivity contribution in [3.63, 3.8) is 0 Å². The molecule has 0 aliphatic carbocycles. The van der Waals surface area contributed by atoms with Crippen LogP contribution in [-0.4, -0.2) is 63.9 Å². The number of rotatable bonds is 6. The highest BCUT2D eigenvalue weighted by Crippen LogP contribution is 2.30. The Bertz CT molecular complexity index is 955. The lowest BCUT2D eigenvalue weighted by atomic mass is 9.93. The first-order valence-corrected chi connectivity index (χ1v) is 10.7. The van der Waals surface area contributed by atoms with E-state index in [1.54, 1.807) is 18.9 Å². The van der Waals surface area contributed by atoms with Gasteiger partial charge in [-0.05, 0) is 25.7 Å². The fourth-order valence-electron chi connectivity index (χ4n) is 3.85. The number of nitrogens with zero attached hydrogens (tertiary/aromatic N) is 5. The number of nitrogens with one attached hydrogen (secondary N) is 1. The molecule has 2 aromatic rings. The second-order valence-electron chi connectivity index (χ2n) is 8.46. The molecule has 31 heavy (non-hydrogen) atoms. The lowest BCUT2D eigenvalue weighted by Gasteiger charge is -2.33. The molecule has 0 aromatic carbocycles. The van der Waals surface area contributed by atoms with Crippen LogP contribution in [0.2, 0.25) is 0 Å². The maximum Gasteiger partial charge on any atom is 0.259 e. The molecule has 3 rings (SSSR count). The molecule has 2 aromatic heterocycles. The van der Waals surface area contributed by atoms with Crippen LogP contribution in [0.1, 0.15) is 78.8 Å². The van der Waals surface area contributed by atoms with E-state index in [1.165, 1.54) is 6.92 Å². The zero-order chi connectivity index (χ0) is 22.7. The molecule has 1 aliphatic heterocycles. The number of carbonyl (C=O) groups is 2. The third kappa shape index (κ3) is 5.03. The van der Waals surface area contributed by atoms with E-state index in [4.69, 9.17) is 9.51 Å². The second-order valence-corrected chi connectivity index (χ2v) is 8.46. The Labute approximate surface area is 183 Å². The molecule has 1 atom stereocenters. The number of aryl methyl sites for hydroxylation is 1. The number of hydrogen-bond donors (Lipinski definition) is 1. The molecule has 1 saturated heterocycles. The van der Waals surface area contributed by atoms with Crippen molar-refractivity contribution in [2.24, 2.45) is 0 Å². The van der Waals surface area contributed by atoms with Crippen molar-refractivity contribution in [2.45, 2.75) is 58.9 Å². The summed E-state index contributed by atoms with van der Waals surface area (Å²) >= 11 is 0. The lowest BCUT2D eigenvalue weighted by molar-refractivity contribution is -0.128. The monoisotopic (exact) mass is 428 g/mol. The number of piperidine rings is 1. The minimum Gasteiger partial charge on any atom is -0.373 e. The minimum atomic E-state index is -0.0421. The molecular weight excluding hydrogens is 396 g/mol. The number of anilines is 1. The van der Waals surface area contributed by atoms with Gasteiger partial charge in [-0.25, -0.2) is 9.97 Å². The van der Waals surface area contributed by atoms with Gasteiger partial charge in [0.25, 0.3) is 5.91 Å². The van der Waals surface area contributed by atoms with E-state index in [2.05, 4.69) is 15.5 Å². The van der Waals surface area contributed by atoms with E-state index in [0.29, 0.717) is 48.3 Å². The van der Waals surface area contributed by atoms with Crippen molar-refractivity contribution < 1.29 is 14.1 Å². The van der Waals surface area contributed by atoms with Gasteiger partial charge in [-0.1, -0.05) is 19.0 Å². The third-order valence-corrected chi connectivity index (χ3v) is 5.74. The average Bonchev–Trinajstić information content (AvgIpc) is 3.14. The Kier molecular flexibility index (Phi) is 6.92. The highest BCUT2D eigenvalue weighted by molar-refractivity contribution is 5.96. The summed E-state index contributed by atoms with van der Waals surface area (Å²) in [5.74, 6) is 1.98. The summed E-state index contributed by atoms with van der Waals surface area (Å²) in [7, 11) is 3.54. The topological polar surface area (TPSA) is 104 Å². The summed E-state index contributed by atoms with van der Waals surface area (Å²) < 4.78 is 5.32. The van der Waals surface area contributed by atoms with Gasteiger partial charge in [0.2, 0.25) is 5.91 Å². The van der Waals surface area contributed by atoms with Crippen molar-refractivity contribution in [3.8, 4) is 0 Å². The summed E-state index contributed by atoms with van der Waals surface area (Å²) in [6.07, 6.45) is 1.82. The van der Waals surface area contributed by atoms with E-state index in [0.717, 1.165) is 18.5 Å². The van der Waals surface area contributed by atoms with E-state index in [-0.39, 0.29) is 23.7 Å². The molecule has 2 amide bonds. The predicted octanol–water partition coefficient (Wildman–Crippen LogP) is 2.94. The number of amides is 2. The van der Waals surface area contributed by atoms with Gasteiger partial charge in [-0.15, -0.1) is 0 Å². The SMILES string of the molecule is CNc1cc([C@H]2CCCN(C(=O)c3c(C(C)C)noc3C)C2)nc(CN(C)C(C)=O)n1. The average molecular weight is 429 g/mol. The molecule has 0 spiro atoms. The molecule has 0 radical (unpaired) electrons. The number of likely N-dealkylation sites (tertiary alicyclic amines) is 1. The van der Waals surface area contributed by atoms with E-state index in [1.807, 2.05) is 31.9 Å².